The molecule has 0 amide bonds. The van der Waals surface area contributed by atoms with Gasteiger partial charge in [-0.1, -0.05) is 61.5 Å². The maximum absolute atomic E-state index is 5.73. The summed E-state index contributed by atoms with van der Waals surface area (Å²) in [5.41, 5.74) is 4.84. The number of fused-ring (bicyclic) bond motifs is 3. The molecule has 0 N–H and O–H groups in total. The fourth-order valence-electron chi connectivity index (χ4n) is 4.08. The van der Waals surface area contributed by atoms with Gasteiger partial charge in [0.05, 0.1) is 5.39 Å². The number of nitrogens with zero attached hydrogens (tertiary/aromatic N) is 1. The summed E-state index contributed by atoms with van der Waals surface area (Å²) in [6, 6.07) is 23.3. The molecule has 142 valence electrons. The van der Waals surface area contributed by atoms with Gasteiger partial charge in [-0.2, -0.15) is 4.24 Å². The molecule has 1 aliphatic heterocycles. The predicted molar refractivity (Wildman–Crippen MR) is 116 cm³/mol. The number of rotatable bonds is 3. The van der Waals surface area contributed by atoms with E-state index in [1.165, 1.54) is 22.3 Å². The third-order valence-corrected chi connectivity index (χ3v) is 5.77. The standard InChI is InChI=1S/C26H22NO2/c1-17(19-9-11-21(12-10-19)20-7-5-4-6-8-20)23-15-24-26(29-16-28-24)22-13-14-27(3)18(2)25(22)23/h4-15,17H,2-3,16H2,1H3/q+1. The lowest BCUT2D eigenvalue weighted by Crippen LogP contribution is -2.34. The van der Waals surface area contributed by atoms with Gasteiger partial charge < -0.3 is 9.47 Å². The van der Waals surface area contributed by atoms with Gasteiger partial charge in [-0.05, 0) is 34.9 Å². The van der Waals surface area contributed by atoms with E-state index in [9.17, 15) is 0 Å². The summed E-state index contributed by atoms with van der Waals surface area (Å²) < 4.78 is 13.3. The summed E-state index contributed by atoms with van der Waals surface area (Å²) in [6.45, 7) is 10.8. The Hall–Kier alpha value is -3.59. The van der Waals surface area contributed by atoms with Crippen molar-refractivity contribution in [1.29, 1.82) is 0 Å². The minimum atomic E-state index is 0.166. The molecule has 3 nitrogen and oxygen atoms in total. The summed E-state index contributed by atoms with van der Waals surface area (Å²) in [6.07, 6.45) is 1.91. The zero-order valence-electron chi connectivity index (χ0n) is 16.4. The SMILES string of the molecule is C=c1c2c(C(C)c3ccc(-c4ccccc4)cc3)cc3c(c2cc[n+]1=C)OCO3. The first kappa shape index (κ1) is 17.5. The molecular weight excluding hydrogens is 358 g/mol. The third kappa shape index (κ3) is 2.87. The van der Waals surface area contributed by atoms with Gasteiger partial charge in [0.1, 0.15) is 6.72 Å². The van der Waals surface area contributed by atoms with Crippen molar-refractivity contribution in [3.8, 4) is 22.6 Å². The maximum Gasteiger partial charge on any atom is 0.231 e. The number of benzene rings is 3. The lowest BCUT2D eigenvalue weighted by atomic mass is 9.88. The van der Waals surface area contributed by atoms with Crippen LogP contribution in [0.5, 0.6) is 11.5 Å². The van der Waals surface area contributed by atoms with Gasteiger partial charge in [0.2, 0.25) is 12.1 Å². The normalized spacial score (nSPS) is 13.6. The van der Waals surface area contributed by atoms with Crippen molar-refractivity contribution in [3.63, 3.8) is 0 Å². The summed E-state index contributed by atoms with van der Waals surface area (Å²) in [7, 11) is 0. The Morgan fingerprint density at radius 1 is 0.931 bits per heavy atom. The van der Waals surface area contributed by atoms with Crippen LogP contribution in [0.3, 0.4) is 0 Å². The third-order valence-electron chi connectivity index (χ3n) is 5.77. The number of hydrogen-bond donors (Lipinski definition) is 0. The molecule has 1 aromatic heterocycles. The van der Waals surface area contributed by atoms with Crippen LogP contribution in [-0.4, -0.2) is 6.79 Å². The molecule has 3 heteroatoms. The zero-order valence-corrected chi connectivity index (χ0v) is 16.4. The number of hydrogen-bond acceptors (Lipinski definition) is 2. The smallest absolute Gasteiger partial charge is 0.231 e. The highest BCUT2D eigenvalue weighted by molar-refractivity contribution is 5.93. The monoisotopic (exact) mass is 380 g/mol. The minimum Gasteiger partial charge on any atom is -0.454 e. The van der Waals surface area contributed by atoms with Gasteiger partial charge >= 0.3 is 0 Å². The first-order valence-corrected chi connectivity index (χ1v) is 9.72. The highest BCUT2D eigenvalue weighted by Gasteiger charge is 2.24. The Morgan fingerprint density at radius 3 is 2.41 bits per heavy atom. The van der Waals surface area contributed by atoms with Crippen molar-refractivity contribution < 1.29 is 13.7 Å². The molecule has 5 rings (SSSR count). The van der Waals surface area contributed by atoms with Crippen LogP contribution in [0.25, 0.3) is 28.5 Å². The second kappa shape index (κ2) is 6.78. The Morgan fingerprint density at radius 2 is 1.66 bits per heavy atom. The van der Waals surface area contributed by atoms with Crippen molar-refractivity contribution in [2.24, 2.45) is 0 Å². The van der Waals surface area contributed by atoms with Crippen LogP contribution in [-0.2, 0) is 0 Å². The Labute approximate surface area is 169 Å². The largest absolute Gasteiger partial charge is 0.454 e. The molecule has 0 bridgehead atoms. The quantitative estimate of drug-likeness (QED) is 0.480. The zero-order chi connectivity index (χ0) is 20.0. The van der Waals surface area contributed by atoms with E-state index >= 15 is 0 Å². The predicted octanol–water partition coefficient (Wildman–Crippen LogP) is 4.72. The molecule has 0 aliphatic carbocycles. The second-order valence-electron chi connectivity index (χ2n) is 7.43. The lowest BCUT2D eigenvalue weighted by Gasteiger charge is -2.16. The molecule has 1 atom stereocenters. The summed E-state index contributed by atoms with van der Waals surface area (Å²) >= 11 is 0. The molecule has 0 radical (unpaired) electrons. The molecule has 0 fully saturated rings. The van der Waals surface area contributed by atoms with E-state index < -0.39 is 0 Å². The Kier molecular flexibility index (Phi) is 4.09. The van der Waals surface area contributed by atoms with Gasteiger partial charge in [-0.15, -0.1) is 0 Å². The van der Waals surface area contributed by atoms with Gasteiger partial charge in [0.15, 0.2) is 17.7 Å². The van der Waals surface area contributed by atoms with Crippen LogP contribution >= 0.6 is 0 Å². The van der Waals surface area contributed by atoms with Crippen molar-refractivity contribution in [3.05, 3.63) is 96.1 Å². The number of ether oxygens (including phenoxy) is 2. The van der Waals surface area contributed by atoms with E-state index in [-0.39, 0.29) is 12.7 Å². The molecule has 0 saturated carbocycles. The van der Waals surface area contributed by atoms with E-state index in [0.717, 1.165) is 27.6 Å². The van der Waals surface area contributed by atoms with Crippen LogP contribution in [0, 0.1) is 6.72 Å². The van der Waals surface area contributed by atoms with Crippen LogP contribution in [0.4, 0.5) is 0 Å². The van der Waals surface area contributed by atoms with Gasteiger partial charge in [-0.25, -0.2) is 0 Å². The van der Waals surface area contributed by atoms with Gasteiger partial charge in [0.25, 0.3) is 0 Å². The Bertz CT molecular complexity index is 1310. The average Bonchev–Trinajstić information content (AvgIpc) is 3.24. The van der Waals surface area contributed by atoms with E-state index in [4.69, 9.17) is 9.47 Å². The molecule has 0 saturated heterocycles. The molecule has 3 aromatic carbocycles. The van der Waals surface area contributed by atoms with Gasteiger partial charge in [-0.3, -0.25) is 0 Å². The van der Waals surface area contributed by atoms with E-state index in [2.05, 4.69) is 74.8 Å². The molecule has 29 heavy (non-hydrogen) atoms. The van der Waals surface area contributed by atoms with Crippen LogP contribution in [0.2, 0.25) is 0 Å². The van der Waals surface area contributed by atoms with Crippen molar-refractivity contribution in [2.75, 3.05) is 6.79 Å². The van der Waals surface area contributed by atoms with E-state index in [0.29, 0.717) is 0 Å². The van der Waals surface area contributed by atoms with Crippen LogP contribution in [0.1, 0.15) is 24.0 Å². The first-order valence-electron chi connectivity index (χ1n) is 9.72. The molecule has 1 aliphatic rings. The molecule has 4 aromatic rings. The first-order chi connectivity index (χ1) is 14.1. The average molecular weight is 380 g/mol. The highest BCUT2D eigenvalue weighted by atomic mass is 16.7. The molecule has 1 unspecified atom stereocenters. The molecule has 0 spiro atoms. The maximum atomic E-state index is 5.73. The van der Waals surface area contributed by atoms with Crippen LogP contribution < -0.4 is 19.1 Å². The van der Waals surface area contributed by atoms with E-state index in [1.54, 1.807) is 4.24 Å². The minimum absolute atomic E-state index is 0.166. The Balaban J connectivity index is 1.64. The highest BCUT2D eigenvalue weighted by Crippen LogP contribution is 2.43. The van der Waals surface area contributed by atoms with Crippen LogP contribution in [0.15, 0.2) is 72.9 Å². The van der Waals surface area contributed by atoms with Crippen molar-refractivity contribution in [1.82, 2.24) is 0 Å². The van der Waals surface area contributed by atoms with Crippen molar-refractivity contribution in [2.45, 2.75) is 12.8 Å². The number of pyridine rings is 1. The topological polar surface area (TPSA) is 24.4 Å². The molecular formula is C26H22NO2+. The lowest BCUT2D eigenvalue weighted by molar-refractivity contribution is -0.511. The van der Waals surface area contributed by atoms with E-state index in [1.807, 2.05) is 18.3 Å². The summed E-state index contributed by atoms with van der Waals surface area (Å²) in [5.74, 6) is 1.75. The fraction of sp³-hybridized carbons (Fsp3) is 0.115. The molecule has 2 heterocycles. The summed E-state index contributed by atoms with van der Waals surface area (Å²) in [5, 5.41) is 2.96. The fourth-order valence-corrected chi connectivity index (χ4v) is 4.08. The van der Waals surface area contributed by atoms with Gasteiger partial charge in [0, 0.05) is 17.4 Å². The summed E-state index contributed by atoms with van der Waals surface area (Å²) in [4.78, 5) is 0. The van der Waals surface area contributed by atoms with Crippen molar-refractivity contribution >= 4 is 17.4 Å². The number of aromatic nitrogens is 1. The second-order valence-corrected chi connectivity index (χ2v) is 7.43.